The molecule has 0 heterocycles. The van der Waals surface area contributed by atoms with E-state index in [9.17, 15) is 0 Å². The monoisotopic (exact) mass is 370 g/mol. The van der Waals surface area contributed by atoms with E-state index in [1.165, 1.54) is 19.3 Å². The van der Waals surface area contributed by atoms with Gasteiger partial charge >= 0.3 is 43.7 Å². The minimum atomic E-state index is -2.13. The minimum absolute atomic E-state index is 0. The topological polar surface area (TPSA) is 0 Å². The van der Waals surface area contributed by atoms with E-state index in [-0.39, 0.29) is 7.43 Å². The predicted octanol–water partition coefficient (Wildman–Crippen LogP) is 5.85. The van der Waals surface area contributed by atoms with Crippen molar-refractivity contribution in [1.82, 2.24) is 0 Å². The Morgan fingerprint density at radius 3 is 2.35 bits per heavy atom. The van der Waals surface area contributed by atoms with Crippen LogP contribution in [-0.2, 0) is 18.2 Å². The Labute approximate surface area is 124 Å². The van der Waals surface area contributed by atoms with Gasteiger partial charge in [-0.2, -0.15) is 0 Å². The van der Waals surface area contributed by atoms with Gasteiger partial charge in [0, 0.05) is 0 Å². The molecule has 0 radical (unpaired) electrons. The van der Waals surface area contributed by atoms with Crippen LogP contribution in [0.5, 0.6) is 0 Å². The summed E-state index contributed by atoms with van der Waals surface area (Å²) in [6.45, 7) is 3.82. The van der Waals surface area contributed by atoms with Gasteiger partial charge in [-0.15, -0.1) is 6.58 Å². The van der Waals surface area contributed by atoms with Gasteiger partial charge in [0.1, 0.15) is 0 Å². The molecule has 1 saturated carbocycles. The molecule has 2 rings (SSSR count). The third-order valence-electron chi connectivity index (χ3n) is 3.18. The number of rotatable bonds is 2. The number of halogens is 3. The first kappa shape index (κ1) is 18.0. The summed E-state index contributed by atoms with van der Waals surface area (Å²) in [4.78, 5) is 0. The second kappa shape index (κ2) is 9.84. The van der Waals surface area contributed by atoms with E-state index in [1.807, 2.05) is 0 Å². The number of fused-ring (bicyclic) bond motifs is 1. The number of hydrogen-bond acceptors (Lipinski definition) is 0. The summed E-state index contributed by atoms with van der Waals surface area (Å²) in [6.07, 6.45) is 15.2. The summed E-state index contributed by atoms with van der Waals surface area (Å²) in [7, 11) is 15.0. The van der Waals surface area contributed by atoms with Crippen LogP contribution >= 0.6 is 25.5 Å². The molecule has 2 aliphatic rings. The molecule has 0 aliphatic heterocycles. The van der Waals surface area contributed by atoms with E-state index in [0.717, 1.165) is 17.8 Å². The van der Waals surface area contributed by atoms with Crippen molar-refractivity contribution in [2.24, 2.45) is 17.8 Å². The van der Waals surface area contributed by atoms with Gasteiger partial charge < -0.3 is 7.43 Å². The van der Waals surface area contributed by atoms with E-state index in [2.05, 4.69) is 37.0 Å². The molecule has 97 valence electrons. The molecule has 0 bridgehead atoms. The zero-order chi connectivity index (χ0) is 12.0. The Hall–Kier alpha value is 0.973. The van der Waals surface area contributed by atoms with Gasteiger partial charge in [-0.25, -0.2) is 0 Å². The summed E-state index contributed by atoms with van der Waals surface area (Å²) >= 11 is -2.13. The average molecular weight is 373 g/mol. The van der Waals surface area contributed by atoms with Crippen molar-refractivity contribution in [3.8, 4) is 0 Å². The molecule has 1 fully saturated rings. The Morgan fingerprint density at radius 1 is 1.18 bits per heavy atom. The summed E-state index contributed by atoms with van der Waals surface area (Å²) in [5.41, 5.74) is 0. The summed E-state index contributed by atoms with van der Waals surface area (Å²) in [6, 6.07) is 0. The van der Waals surface area contributed by atoms with Crippen LogP contribution < -0.4 is 0 Å². The van der Waals surface area contributed by atoms with Gasteiger partial charge in [-0.05, 0) is 37.0 Å². The first-order valence-electron chi connectivity index (χ1n) is 5.44. The molecule has 2 aliphatic carbocycles. The van der Waals surface area contributed by atoms with Crippen LogP contribution in [0, 0.1) is 25.2 Å². The van der Waals surface area contributed by atoms with Crippen molar-refractivity contribution >= 4 is 25.5 Å². The van der Waals surface area contributed by atoms with Crippen molar-refractivity contribution in [3.63, 3.8) is 0 Å². The van der Waals surface area contributed by atoms with E-state index in [1.54, 1.807) is 0 Å². The first-order chi connectivity index (χ1) is 7.65. The SMILES string of the molecule is C=CCC1CCC2C=CC=CC21.[CH3-].[Cl][Zr]([Cl])[Cl]. The summed E-state index contributed by atoms with van der Waals surface area (Å²) in [5, 5.41) is 0. The van der Waals surface area contributed by atoms with E-state index < -0.39 is 18.2 Å². The molecule has 3 atom stereocenters. The van der Waals surface area contributed by atoms with Crippen LogP contribution in [0.25, 0.3) is 0 Å². The van der Waals surface area contributed by atoms with Crippen molar-refractivity contribution < 1.29 is 18.2 Å². The van der Waals surface area contributed by atoms with Crippen molar-refractivity contribution in [3.05, 3.63) is 44.4 Å². The Bertz CT molecular complexity index is 271. The molecule has 0 aromatic rings. The normalized spacial score (nSPS) is 28.5. The zero-order valence-corrected chi connectivity index (χ0v) is 14.8. The molecule has 0 spiro atoms. The first-order valence-corrected chi connectivity index (χ1v) is 14.9. The average Bonchev–Trinajstić information content (AvgIpc) is 2.62. The van der Waals surface area contributed by atoms with Crippen molar-refractivity contribution in [1.29, 1.82) is 0 Å². The maximum atomic E-state index is 5.00. The molecule has 0 amide bonds. The second-order valence-corrected chi connectivity index (χ2v) is 15.3. The molecular formula is C13H19Cl3Zr-. The van der Waals surface area contributed by atoms with Crippen LogP contribution in [0.3, 0.4) is 0 Å². The van der Waals surface area contributed by atoms with Crippen LogP contribution in [-0.4, -0.2) is 0 Å². The van der Waals surface area contributed by atoms with Gasteiger partial charge in [0.15, 0.2) is 0 Å². The third-order valence-corrected chi connectivity index (χ3v) is 3.18. The van der Waals surface area contributed by atoms with E-state index in [4.69, 9.17) is 25.5 Å². The molecule has 3 unspecified atom stereocenters. The quantitative estimate of drug-likeness (QED) is 0.421. The molecule has 0 nitrogen and oxygen atoms in total. The molecule has 0 saturated heterocycles. The van der Waals surface area contributed by atoms with E-state index in [0.29, 0.717) is 0 Å². The Balaban J connectivity index is 0.000000453. The number of allylic oxidation sites excluding steroid dienone is 5. The van der Waals surface area contributed by atoms with Gasteiger partial charge in [-0.1, -0.05) is 30.4 Å². The summed E-state index contributed by atoms with van der Waals surface area (Å²) in [5.74, 6) is 2.52. The Kier molecular flexibility index (Phi) is 10.4. The van der Waals surface area contributed by atoms with Gasteiger partial charge in [0.2, 0.25) is 0 Å². The van der Waals surface area contributed by atoms with Crippen LogP contribution in [0.4, 0.5) is 0 Å². The van der Waals surface area contributed by atoms with Gasteiger partial charge in [0.25, 0.3) is 0 Å². The standard InChI is InChI=1S/C12H16.CH3.3ClH.Zr/c1-2-5-10-8-9-11-6-3-4-7-12(10)11;;;;;/h2-4,6-7,10-12H,1,5,8-9H2;1H3;3*1H;/q;-1;;;;+3/p-3. The Morgan fingerprint density at radius 2 is 1.76 bits per heavy atom. The van der Waals surface area contributed by atoms with Crippen molar-refractivity contribution in [2.75, 3.05) is 0 Å². The van der Waals surface area contributed by atoms with Crippen molar-refractivity contribution in [2.45, 2.75) is 19.3 Å². The van der Waals surface area contributed by atoms with Gasteiger partial charge in [0.05, 0.1) is 0 Å². The predicted molar refractivity (Wildman–Crippen MR) is 76.8 cm³/mol. The molecule has 4 heteroatoms. The maximum absolute atomic E-state index is 5.00. The van der Waals surface area contributed by atoms with Crippen LogP contribution in [0.2, 0.25) is 0 Å². The number of hydrogen-bond donors (Lipinski definition) is 0. The molecule has 0 aromatic heterocycles. The molecular weight excluding hydrogens is 354 g/mol. The fourth-order valence-corrected chi connectivity index (χ4v) is 2.55. The fraction of sp³-hybridized carbons (Fsp3) is 0.462. The van der Waals surface area contributed by atoms with E-state index >= 15 is 0 Å². The third kappa shape index (κ3) is 6.62. The second-order valence-electron chi connectivity index (χ2n) is 4.09. The molecule has 0 N–H and O–H groups in total. The zero-order valence-electron chi connectivity index (χ0n) is 10.1. The van der Waals surface area contributed by atoms with Gasteiger partial charge in [-0.3, -0.25) is 0 Å². The van der Waals surface area contributed by atoms with Crippen LogP contribution in [0.1, 0.15) is 19.3 Å². The fourth-order valence-electron chi connectivity index (χ4n) is 2.55. The summed E-state index contributed by atoms with van der Waals surface area (Å²) < 4.78 is 0. The van der Waals surface area contributed by atoms with Crippen LogP contribution in [0.15, 0.2) is 37.0 Å². The molecule has 17 heavy (non-hydrogen) atoms. The molecule has 0 aromatic carbocycles.